The first-order chi connectivity index (χ1) is 6.16. The van der Waals surface area contributed by atoms with E-state index >= 15 is 0 Å². The summed E-state index contributed by atoms with van der Waals surface area (Å²) in [5.74, 6) is 3.46. The summed E-state index contributed by atoms with van der Waals surface area (Å²) in [7, 11) is 0. The molecule has 13 heavy (non-hydrogen) atoms. The van der Waals surface area contributed by atoms with Crippen LogP contribution in [0.1, 0.15) is 6.92 Å². The van der Waals surface area contributed by atoms with Crippen LogP contribution in [0.2, 0.25) is 0 Å². The predicted octanol–water partition coefficient (Wildman–Crippen LogP) is -1.78. The van der Waals surface area contributed by atoms with E-state index in [4.69, 9.17) is 10.6 Å². The lowest BCUT2D eigenvalue weighted by molar-refractivity contribution is -0.151. The molecule has 0 aromatic heterocycles. The molecule has 2 amide bonds. The molecule has 1 unspecified atom stereocenters. The van der Waals surface area contributed by atoms with Crippen molar-refractivity contribution < 1.29 is 14.3 Å². The molecule has 0 bridgehead atoms. The summed E-state index contributed by atoms with van der Waals surface area (Å²) >= 11 is 0. The minimum Gasteiger partial charge on any atom is -0.377 e. The molecule has 1 aliphatic heterocycles. The van der Waals surface area contributed by atoms with Crippen molar-refractivity contribution in [3.63, 3.8) is 0 Å². The smallest absolute Gasteiger partial charge is 0.323 e. The van der Waals surface area contributed by atoms with Crippen LogP contribution in [-0.4, -0.2) is 42.5 Å². The number of hydrazine groups is 1. The zero-order chi connectivity index (χ0) is 9.84. The van der Waals surface area contributed by atoms with Gasteiger partial charge in [0.1, 0.15) is 0 Å². The maximum Gasteiger partial charge on any atom is 0.323 e. The molecule has 1 fully saturated rings. The molecule has 1 rings (SSSR count). The van der Waals surface area contributed by atoms with Crippen molar-refractivity contribution in [3.8, 4) is 0 Å². The molecule has 6 nitrogen and oxygen atoms in total. The van der Waals surface area contributed by atoms with Crippen LogP contribution in [-0.2, 0) is 14.3 Å². The number of carbonyl (C=O) groups is 2. The number of nitrogens with two attached hydrogens (primary N) is 1. The average Bonchev–Trinajstić information content (AvgIpc) is 2.16. The minimum absolute atomic E-state index is 0.0708. The van der Waals surface area contributed by atoms with Crippen molar-refractivity contribution in [2.24, 2.45) is 5.84 Å². The fraction of sp³-hybridized carbons (Fsp3) is 0.714. The summed E-state index contributed by atoms with van der Waals surface area (Å²) in [5, 5.41) is 0. The average molecular weight is 187 g/mol. The fourth-order valence-corrected chi connectivity index (χ4v) is 1.22. The Morgan fingerprint density at radius 1 is 1.62 bits per heavy atom. The van der Waals surface area contributed by atoms with Gasteiger partial charge in [-0.25, -0.2) is 5.84 Å². The van der Waals surface area contributed by atoms with Crippen LogP contribution in [0, 0.1) is 0 Å². The predicted molar refractivity (Wildman–Crippen MR) is 44.3 cm³/mol. The number of hydrogen-bond donors (Lipinski definition) is 2. The molecule has 6 heteroatoms. The zero-order valence-corrected chi connectivity index (χ0v) is 7.45. The van der Waals surface area contributed by atoms with E-state index in [2.05, 4.69) is 0 Å². The number of ether oxygens (including phenoxy) is 1. The third-order valence-electron chi connectivity index (χ3n) is 1.95. The normalized spacial score (nSPS) is 22.6. The Kier molecular flexibility index (Phi) is 3.21. The SMILES string of the molecule is CC1COCCN1C(=O)C(=O)NN. The molecule has 0 radical (unpaired) electrons. The van der Waals surface area contributed by atoms with Gasteiger partial charge >= 0.3 is 11.8 Å². The lowest BCUT2D eigenvalue weighted by Gasteiger charge is -2.32. The first-order valence-corrected chi connectivity index (χ1v) is 4.06. The highest BCUT2D eigenvalue weighted by Gasteiger charge is 2.27. The monoisotopic (exact) mass is 187 g/mol. The van der Waals surface area contributed by atoms with Gasteiger partial charge in [-0.2, -0.15) is 0 Å². The van der Waals surface area contributed by atoms with Crippen LogP contribution < -0.4 is 11.3 Å². The first kappa shape index (κ1) is 9.94. The lowest BCUT2D eigenvalue weighted by atomic mass is 10.2. The van der Waals surface area contributed by atoms with Crippen molar-refractivity contribution in [1.82, 2.24) is 10.3 Å². The third kappa shape index (κ3) is 2.16. The maximum absolute atomic E-state index is 11.3. The number of morpholine rings is 1. The van der Waals surface area contributed by atoms with E-state index in [1.54, 1.807) is 0 Å². The van der Waals surface area contributed by atoms with Crippen LogP contribution >= 0.6 is 0 Å². The summed E-state index contributed by atoms with van der Waals surface area (Å²) in [5.41, 5.74) is 1.81. The summed E-state index contributed by atoms with van der Waals surface area (Å²) in [6, 6.07) is -0.0708. The summed E-state index contributed by atoms with van der Waals surface area (Å²) in [4.78, 5) is 23.7. The van der Waals surface area contributed by atoms with Gasteiger partial charge in [0, 0.05) is 6.54 Å². The van der Waals surface area contributed by atoms with Gasteiger partial charge in [-0.3, -0.25) is 15.0 Å². The molecule has 1 atom stereocenters. The Morgan fingerprint density at radius 2 is 2.31 bits per heavy atom. The van der Waals surface area contributed by atoms with E-state index in [1.807, 2.05) is 12.3 Å². The van der Waals surface area contributed by atoms with Crippen molar-refractivity contribution in [2.75, 3.05) is 19.8 Å². The number of nitrogens with zero attached hydrogens (tertiary/aromatic N) is 1. The molecule has 0 aromatic rings. The second-order valence-electron chi connectivity index (χ2n) is 2.90. The third-order valence-corrected chi connectivity index (χ3v) is 1.95. The van der Waals surface area contributed by atoms with Crippen molar-refractivity contribution in [3.05, 3.63) is 0 Å². The van der Waals surface area contributed by atoms with Crippen molar-refractivity contribution in [1.29, 1.82) is 0 Å². The van der Waals surface area contributed by atoms with Gasteiger partial charge in [0.2, 0.25) is 0 Å². The number of amides is 2. The van der Waals surface area contributed by atoms with Gasteiger partial charge in [-0.15, -0.1) is 0 Å². The van der Waals surface area contributed by atoms with Crippen LogP contribution in [0.3, 0.4) is 0 Å². The molecular formula is C7H13N3O3. The van der Waals surface area contributed by atoms with E-state index in [-0.39, 0.29) is 6.04 Å². The van der Waals surface area contributed by atoms with E-state index in [1.165, 1.54) is 4.90 Å². The van der Waals surface area contributed by atoms with Crippen LogP contribution in [0.25, 0.3) is 0 Å². The molecule has 0 aromatic carbocycles. The van der Waals surface area contributed by atoms with Gasteiger partial charge in [-0.05, 0) is 6.92 Å². The Balaban J connectivity index is 2.58. The molecular weight excluding hydrogens is 174 g/mol. The Labute approximate surface area is 76.0 Å². The van der Waals surface area contributed by atoms with E-state index in [0.29, 0.717) is 19.8 Å². The highest BCUT2D eigenvalue weighted by atomic mass is 16.5. The number of hydrogen-bond acceptors (Lipinski definition) is 4. The van der Waals surface area contributed by atoms with Crippen molar-refractivity contribution in [2.45, 2.75) is 13.0 Å². The quantitative estimate of drug-likeness (QED) is 0.203. The Morgan fingerprint density at radius 3 is 2.85 bits per heavy atom. The van der Waals surface area contributed by atoms with E-state index < -0.39 is 11.8 Å². The molecule has 74 valence electrons. The second-order valence-corrected chi connectivity index (χ2v) is 2.90. The molecule has 1 aliphatic rings. The lowest BCUT2D eigenvalue weighted by Crippen LogP contribution is -2.53. The molecule has 3 N–H and O–H groups in total. The summed E-state index contributed by atoms with van der Waals surface area (Å²) < 4.78 is 5.12. The van der Waals surface area contributed by atoms with Gasteiger partial charge in [-0.1, -0.05) is 0 Å². The topological polar surface area (TPSA) is 84.7 Å². The van der Waals surface area contributed by atoms with Gasteiger partial charge < -0.3 is 9.64 Å². The molecule has 0 aliphatic carbocycles. The Bertz CT molecular complexity index is 219. The zero-order valence-electron chi connectivity index (χ0n) is 7.45. The van der Waals surface area contributed by atoms with Gasteiger partial charge in [0.15, 0.2) is 0 Å². The minimum atomic E-state index is -0.784. The van der Waals surface area contributed by atoms with Crippen molar-refractivity contribution >= 4 is 11.8 Å². The van der Waals surface area contributed by atoms with E-state index in [9.17, 15) is 9.59 Å². The molecule has 1 saturated heterocycles. The van der Waals surface area contributed by atoms with Crippen LogP contribution in [0.15, 0.2) is 0 Å². The van der Waals surface area contributed by atoms with E-state index in [0.717, 1.165) is 0 Å². The molecule has 0 saturated carbocycles. The highest BCUT2D eigenvalue weighted by Crippen LogP contribution is 2.05. The standard InChI is InChI=1S/C7H13N3O3/c1-5-4-13-3-2-10(5)7(12)6(11)9-8/h5H,2-4,8H2,1H3,(H,9,11). The number of nitrogens with one attached hydrogen (secondary N) is 1. The Hall–Kier alpha value is -1.14. The number of carbonyl (C=O) groups excluding carboxylic acids is 2. The maximum atomic E-state index is 11.3. The molecule has 1 heterocycles. The fourth-order valence-electron chi connectivity index (χ4n) is 1.22. The second kappa shape index (κ2) is 4.20. The van der Waals surface area contributed by atoms with Gasteiger partial charge in [0.05, 0.1) is 19.3 Å². The first-order valence-electron chi connectivity index (χ1n) is 4.06. The largest absolute Gasteiger partial charge is 0.377 e. The van der Waals surface area contributed by atoms with Gasteiger partial charge in [0.25, 0.3) is 0 Å². The van der Waals surface area contributed by atoms with Crippen LogP contribution in [0.5, 0.6) is 0 Å². The number of rotatable bonds is 0. The highest BCUT2D eigenvalue weighted by molar-refractivity contribution is 6.34. The van der Waals surface area contributed by atoms with Crippen LogP contribution in [0.4, 0.5) is 0 Å². The summed E-state index contributed by atoms with van der Waals surface area (Å²) in [6.07, 6.45) is 0. The summed E-state index contributed by atoms with van der Waals surface area (Å²) in [6.45, 7) is 3.19. The molecule has 0 spiro atoms.